The van der Waals surface area contributed by atoms with Gasteiger partial charge in [0, 0.05) is 56.4 Å². The molecule has 1 aromatic heterocycles. The van der Waals surface area contributed by atoms with Gasteiger partial charge in [0.2, 0.25) is 0 Å². The van der Waals surface area contributed by atoms with Gasteiger partial charge in [-0.2, -0.15) is 0 Å². The Balaban J connectivity index is 0.00000338. The van der Waals surface area contributed by atoms with Crippen LogP contribution in [0.5, 0.6) is 0 Å². The molecule has 0 aliphatic heterocycles. The first kappa shape index (κ1) is 22.7. The summed E-state index contributed by atoms with van der Waals surface area (Å²) in [5.41, 5.74) is 2.61. The first-order valence-corrected chi connectivity index (χ1v) is 9.62. The quantitative estimate of drug-likeness (QED) is 0.340. The van der Waals surface area contributed by atoms with E-state index in [1.54, 1.807) is 11.3 Å². The summed E-state index contributed by atoms with van der Waals surface area (Å²) in [6, 6.07) is 8.52. The summed E-state index contributed by atoms with van der Waals surface area (Å²) in [4.78, 5) is 12.3. The summed E-state index contributed by atoms with van der Waals surface area (Å²) >= 11 is 1.75. The van der Waals surface area contributed by atoms with E-state index in [4.69, 9.17) is 0 Å². The number of rotatable bonds is 8. The largest absolute Gasteiger partial charge is 0.370 e. The maximum absolute atomic E-state index is 4.39. The number of aliphatic imine (C=N–C) groups is 1. The van der Waals surface area contributed by atoms with Crippen LogP contribution in [0, 0.1) is 13.8 Å². The number of benzene rings is 1. The molecule has 2 rings (SSSR count). The maximum atomic E-state index is 4.39. The Morgan fingerprint density at radius 2 is 1.92 bits per heavy atom. The van der Waals surface area contributed by atoms with Crippen molar-refractivity contribution < 1.29 is 0 Å². The number of aryl methyl sites for hydroxylation is 2. The van der Waals surface area contributed by atoms with E-state index in [2.05, 4.69) is 70.5 Å². The number of para-hydroxylation sites is 1. The average Bonchev–Trinajstić information content (AvgIpc) is 3.03. The van der Waals surface area contributed by atoms with Crippen molar-refractivity contribution in [3.63, 3.8) is 0 Å². The van der Waals surface area contributed by atoms with Gasteiger partial charge in [-0.15, -0.1) is 35.3 Å². The van der Waals surface area contributed by atoms with Gasteiger partial charge >= 0.3 is 0 Å². The number of halogens is 1. The number of nitrogens with one attached hydrogen (secondary N) is 2. The van der Waals surface area contributed by atoms with E-state index in [-0.39, 0.29) is 24.0 Å². The highest BCUT2D eigenvalue weighted by molar-refractivity contribution is 14.0. The SMILES string of the molecule is CCN(CCNC(=NC)NCCc1ncc(C)s1)c1ccccc1C.I. The molecule has 0 radical (unpaired) electrons. The zero-order valence-corrected chi connectivity index (χ0v) is 19.2. The number of guanidine groups is 1. The van der Waals surface area contributed by atoms with Gasteiger partial charge in [0.05, 0.1) is 5.01 Å². The second-order valence-electron chi connectivity index (χ2n) is 5.91. The summed E-state index contributed by atoms with van der Waals surface area (Å²) in [7, 11) is 1.81. The molecular formula is C19H30IN5S. The fourth-order valence-corrected chi connectivity index (χ4v) is 3.49. The number of hydrogen-bond acceptors (Lipinski definition) is 4. The fraction of sp³-hybridized carbons (Fsp3) is 0.474. The predicted molar refractivity (Wildman–Crippen MR) is 124 cm³/mol. The molecule has 5 nitrogen and oxygen atoms in total. The molecule has 0 aliphatic carbocycles. The van der Waals surface area contributed by atoms with Crippen molar-refractivity contribution in [2.24, 2.45) is 4.99 Å². The number of anilines is 1. The Bertz CT molecular complexity index is 686. The molecule has 7 heteroatoms. The third-order valence-corrected chi connectivity index (χ3v) is 5.01. The number of thiazole rings is 1. The van der Waals surface area contributed by atoms with Crippen molar-refractivity contribution in [3.8, 4) is 0 Å². The summed E-state index contributed by atoms with van der Waals surface area (Å²) in [6.07, 6.45) is 2.85. The molecule has 2 N–H and O–H groups in total. The molecular weight excluding hydrogens is 457 g/mol. The lowest BCUT2D eigenvalue weighted by molar-refractivity contribution is 0.745. The summed E-state index contributed by atoms with van der Waals surface area (Å²) < 4.78 is 0. The van der Waals surface area contributed by atoms with Gasteiger partial charge in [-0.1, -0.05) is 18.2 Å². The Labute approximate surface area is 178 Å². The van der Waals surface area contributed by atoms with Crippen molar-refractivity contribution >= 4 is 47.0 Å². The van der Waals surface area contributed by atoms with Crippen LogP contribution >= 0.6 is 35.3 Å². The van der Waals surface area contributed by atoms with E-state index in [0.717, 1.165) is 43.6 Å². The maximum Gasteiger partial charge on any atom is 0.191 e. The molecule has 1 aromatic carbocycles. The zero-order valence-electron chi connectivity index (χ0n) is 16.1. The monoisotopic (exact) mass is 487 g/mol. The minimum absolute atomic E-state index is 0. The van der Waals surface area contributed by atoms with E-state index in [0.29, 0.717) is 0 Å². The van der Waals surface area contributed by atoms with Gasteiger partial charge in [-0.3, -0.25) is 4.99 Å². The van der Waals surface area contributed by atoms with Crippen LogP contribution in [0.4, 0.5) is 5.69 Å². The van der Waals surface area contributed by atoms with E-state index >= 15 is 0 Å². The summed E-state index contributed by atoms with van der Waals surface area (Å²) in [5, 5.41) is 7.92. The second kappa shape index (κ2) is 12.1. The number of hydrogen-bond donors (Lipinski definition) is 2. The van der Waals surface area contributed by atoms with E-state index < -0.39 is 0 Å². The lowest BCUT2D eigenvalue weighted by atomic mass is 10.2. The molecule has 0 fully saturated rings. The predicted octanol–water partition coefficient (Wildman–Crippen LogP) is 3.61. The van der Waals surface area contributed by atoms with Crippen LogP contribution < -0.4 is 15.5 Å². The van der Waals surface area contributed by atoms with Gasteiger partial charge in [-0.05, 0) is 32.4 Å². The highest BCUT2D eigenvalue weighted by Gasteiger charge is 2.07. The number of likely N-dealkylation sites (N-methyl/N-ethyl adjacent to an activating group) is 1. The first-order valence-electron chi connectivity index (χ1n) is 8.80. The Morgan fingerprint density at radius 3 is 2.54 bits per heavy atom. The highest BCUT2D eigenvalue weighted by Crippen LogP contribution is 2.18. The minimum atomic E-state index is 0. The van der Waals surface area contributed by atoms with Gasteiger partial charge in [-0.25, -0.2) is 4.98 Å². The molecule has 0 bridgehead atoms. The lowest BCUT2D eigenvalue weighted by Crippen LogP contribution is -2.42. The fourth-order valence-electron chi connectivity index (χ4n) is 2.70. The van der Waals surface area contributed by atoms with Crippen LogP contribution in [-0.4, -0.2) is 44.2 Å². The molecule has 0 saturated carbocycles. The average molecular weight is 487 g/mol. The molecule has 0 atom stereocenters. The standard InChI is InChI=1S/C19H29N5S.HI/c1-5-24(17-9-7-6-8-15(17)2)13-12-22-19(20-4)21-11-10-18-23-14-16(3)25-18;/h6-9,14H,5,10-13H2,1-4H3,(H2,20,21,22);1H. The highest BCUT2D eigenvalue weighted by atomic mass is 127. The van der Waals surface area contributed by atoms with Crippen LogP contribution in [0.25, 0.3) is 0 Å². The van der Waals surface area contributed by atoms with E-state index in [1.165, 1.54) is 16.1 Å². The molecule has 144 valence electrons. The molecule has 0 spiro atoms. The normalized spacial score (nSPS) is 11.0. The van der Waals surface area contributed by atoms with Crippen molar-refractivity contribution in [1.29, 1.82) is 0 Å². The summed E-state index contributed by atoms with van der Waals surface area (Å²) in [5.74, 6) is 0.842. The van der Waals surface area contributed by atoms with Crippen molar-refractivity contribution in [3.05, 3.63) is 45.9 Å². The van der Waals surface area contributed by atoms with Gasteiger partial charge < -0.3 is 15.5 Å². The van der Waals surface area contributed by atoms with Crippen LogP contribution in [0.15, 0.2) is 35.5 Å². The Kier molecular flexibility index (Phi) is 10.6. The Morgan fingerprint density at radius 1 is 1.19 bits per heavy atom. The van der Waals surface area contributed by atoms with E-state index in [9.17, 15) is 0 Å². The van der Waals surface area contributed by atoms with Crippen molar-refractivity contribution in [2.45, 2.75) is 27.2 Å². The molecule has 0 amide bonds. The second-order valence-corrected chi connectivity index (χ2v) is 7.23. The lowest BCUT2D eigenvalue weighted by Gasteiger charge is -2.25. The topological polar surface area (TPSA) is 52.5 Å². The summed E-state index contributed by atoms with van der Waals surface area (Å²) in [6.45, 7) is 10.0. The minimum Gasteiger partial charge on any atom is -0.370 e. The van der Waals surface area contributed by atoms with Gasteiger partial charge in [0.15, 0.2) is 5.96 Å². The van der Waals surface area contributed by atoms with Gasteiger partial charge in [0.25, 0.3) is 0 Å². The third-order valence-electron chi connectivity index (χ3n) is 4.04. The van der Waals surface area contributed by atoms with E-state index in [1.807, 2.05) is 13.2 Å². The molecule has 2 aromatic rings. The van der Waals surface area contributed by atoms with Crippen LogP contribution in [0.3, 0.4) is 0 Å². The smallest absolute Gasteiger partial charge is 0.191 e. The van der Waals surface area contributed by atoms with Crippen molar-refractivity contribution in [2.75, 3.05) is 38.1 Å². The molecule has 0 aliphatic rings. The van der Waals surface area contributed by atoms with Gasteiger partial charge in [0.1, 0.15) is 0 Å². The van der Waals surface area contributed by atoms with Crippen LogP contribution in [0.1, 0.15) is 22.4 Å². The van der Waals surface area contributed by atoms with Crippen LogP contribution in [0.2, 0.25) is 0 Å². The zero-order chi connectivity index (χ0) is 18.1. The molecule has 0 saturated heterocycles. The van der Waals surface area contributed by atoms with Crippen molar-refractivity contribution in [1.82, 2.24) is 15.6 Å². The number of nitrogens with zero attached hydrogens (tertiary/aromatic N) is 3. The molecule has 1 heterocycles. The number of aromatic nitrogens is 1. The molecule has 0 unspecified atom stereocenters. The molecule has 26 heavy (non-hydrogen) atoms. The van der Waals surface area contributed by atoms with Crippen LogP contribution in [-0.2, 0) is 6.42 Å². The Hall–Kier alpha value is -1.35. The first-order chi connectivity index (χ1) is 12.1. The third kappa shape index (κ3) is 7.11.